The molecular formula is C30H35BrN2O2. The maximum absolute atomic E-state index is 13.7. The molecule has 3 aromatic rings. The van der Waals surface area contributed by atoms with Gasteiger partial charge in [-0.1, -0.05) is 95.1 Å². The molecule has 4 nitrogen and oxygen atoms in total. The Hall–Kier alpha value is -2.92. The monoisotopic (exact) mass is 534 g/mol. The van der Waals surface area contributed by atoms with E-state index in [-0.39, 0.29) is 17.9 Å². The molecule has 184 valence electrons. The van der Waals surface area contributed by atoms with Gasteiger partial charge in [0.15, 0.2) is 0 Å². The van der Waals surface area contributed by atoms with Gasteiger partial charge in [0.05, 0.1) is 0 Å². The van der Waals surface area contributed by atoms with Crippen LogP contribution in [0, 0.1) is 6.92 Å². The lowest BCUT2D eigenvalue weighted by molar-refractivity contribution is -0.141. The van der Waals surface area contributed by atoms with Crippen LogP contribution in [0.4, 0.5) is 0 Å². The Morgan fingerprint density at radius 2 is 1.51 bits per heavy atom. The summed E-state index contributed by atoms with van der Waals surface area (Å²) < 4.78 is 0.980. The van der Waals surface area contributed by atoms with Gasteiger partial charge in [-0.05, 0) is 55.5 Å². The second-order valence-electron chi connectivity index (χ2n) is 9.16. The van der Waals surface area contributed by atoms with Gasteiger partial charge >= 0.3 is 0 Å². The zero-order chi connectivity index (χ0) is 25.2. The van der Waals surface area contributed by atoms with Crippen molar-refractivity contribution in [2.75, 3.05) is 0 Å². The van der Waals surface area contributed by atoms with E-state index in [2.05, 4.69) is 52.4 Å². The highest BCUT2D eigenvalue weighted by Gasteiger charge is 2.30. The van der Waals surface area contributed by atoms with Crippen LogP contribution >= 0.6 is 15.9 Å². The lowest BCUT2D eigenvalue weighted by atomic mass is 10.0. The topological polar surface area (TPSA) is 49.4 Å². The molecule has 0 radical (unpaired) electrons. The number of nitrogens with one attached hydrogen (secondary N) is 1. The van der Waals surface area contributed by atoms with Gasteiger partial charge in [0.2, 0.25) is 11.8 Å². The molecule has 0 heterocycles. The highest BCUT2D eigenvalue weighted by Crippen LogP contribution is 2.19. The molecule has 0 spiro atoms. The van der Waals surface area contributed by atoms with E-state index in [9.17, 15) is 9.59 Å². The van der Waals surface area contributed by atoms with E-state index < -0.39 is 6.04 Å². The maximum Gasteiger partial charge on any atom is 0.243 e. The summed E-state index contributed by atoms with van der Waals surface area (Å²) in [6.07, 6.45) is 2.29. The van der Waals surface area contributed by atoms with E-state index in [1.54, 1.807) is 4.90 Å². The summed E-state index contributed by atoms with van der Waals surface area (Å²) in [5.74, 6) is -0.127. The first kappa shape index (κ1) is 26.7. The number of rotatable bonds is 11. The van der Waals surface area contributed by atoms with Crippen molar-refractivity contribution in [2.24, 2.45) is 0 Å². The third-order valence-electron chi connectivity index (χ3n) is 6.29. The fourth-order valence-corrected chi connectivity index (χ4v) is 4.20. The molecule has 0 unspecified atom stereocenters. The number of carbonyl (C=O) groups is 2. The van der Waals surface area contributed by atoms with Gasteiger partial charge in [-0.3, -0.25) is 9.59 Å². The van der Waals surface area contributed by atoms with Gasteiger partial charge in [-0.2, -0.15) is 0 Å². The molecule has 0 fully saturated rings. The van der Waals surface area contributed by atoms with Gasteiger partial charge in [0, 0.05) is 29.9 Å². The lowest BCUT2D eigenvalue weighted by Crippen LogP contribution is -2.52. The largest absolute Gasteiger partial charge is 0.352 e. The van der Waals surface area contributed by atoms with Crippen molar-refractivity contribution in [3.63, 3.8) is 0 Å². The van der Waals surface area contributed by atoms with Gasteiger partial charge in [0.1, 0.15) is 6.04 Å². The van der Waals surface area contributed by atoms with Crippen LogP contribution in [-0.4, -0.2) is 28.8 Å². The molecule has 0 aliphatic heterocycles. The minimum Gasteiger partial charge on any atom is -0.352 e. The summed E-state index contributed by atoms with van der Waals surface area (Å²) >= 11 is 3.48. The first-order valence-corrected chi connectivity index (χ1v) is 13.1. The van der Waals surface area contributed by atoms with Crippen molar-refractivity contribution in [3.8, 4) is 0 Å². The molecule has 2 amide bonds. The fourth-order valence-electron chi connectivity index (χ4n) is 3.93. The smallest absolute Gasteiger partial charge is 0.243 e. The molecule has 0 aliphatic carbocycles. The Morgan fingerprint density at radius 3 is 2.14 bits per heavy atom. The first-order valence-electron chi connectivity index (χ1n) is 12.3. The summed E-state index contributed by atoms with van der Waals surface area (Å²) in [4.78, 5) is 29.0. The maximum atomic E-state index is 13.7. The van der Waals surface area contributed by atoms with Crippen molar-refractivity contribution in [2.45, 2.75) is 65.1 Å². The Balaban J connectivity index is 1.89. The van der Waals surface area contributed by atoms with Crippen LogP contribution in [0.5, 0.6) is 0 Å². The van der Waals surface area contributed by atoms with Gasteiger partial charge < -0.3 is 10.2 Å². The molecule has 3 rings (SSSR count). The number of hydrogen-bond donors (Lipinski definition) is 1. The minimum atomic E-state index is -0.597. The van der Waals surface area contributed by atoms with Crippen LogP contribution in [0.15, 0.2) is 83.3 Å². The van der Waals surface area contributed by atoms with Crippen LogP contribution < -0.4 is 5.32 Å². The number of hydrogen-bond acceptors (Lipinski definition) is 2. The van der Waals surface area contributed by atoms with Crippen LogP contribution in [-0.2, 0) is 29.0 Å². The van der Waals surface area contributed by atoms with E-state index in [4.69, 9.17) is 0 Å². The second kappa shape index (κ2) is 13.2. The molecule has 2 atom stereocenters. The van der Waals surface area contributed by atoms with E-state index in [0.29, 0.717) is 25.8 Å². The van der Waals surface area contributed by atoms with Crippen LogP contribution in [0.3, 0.4) is 0 Å². The molecule has 1 N–H and O–H groups in total. The predicted octanol–water partition coefficient (Wildman–Crippen LogP) is 6.24. The Bertz CT molecular complexity index is 1080. The van der Waals surface area contributed by atoms with Crippen molar-refractivity contribution < 1.29 is 9.59 Å². The van der Waals surface area contributed by atoms with Gasteiger partial charge in [0.25, 0.3) is 0 Å². The summed E-state index contributed by atoms with van der Waals surface area (Å²) in [6, 6.07) is 25.6. The van der Waals surface area contributed by atoms with Crippen molar-refractivity contribution >= 4 is 27.7 Å². The molecule has 0 bridgehead atoms. The van der Waals surface area contributed by atoms with Gasteiger partial charge in [-0.15, -0.1) is 0 Å². The molecule has 0 saturated carbocycles. The van der Waals surface area contributed by atoms with E-state index in [1.165, 1.54) is 5.56 Å². The van der Waals surface area contributed by atoms with E-state index >= 15 is 0 Å². The fraction of sp³-hybridized carbons (Fsp3) is 0.333. The summed E-state index contributed by atoms with van der Waals surface area (Å²) in [7, 11) is 0. The number of amides is 2. The second-order valence-corrected chi connectivity index (χ2v) is 10.1. The van der Waals surface area contributed by atoms with Crippen molar-refractivity contribution in [3.05, 3.63) is 106 Å². The summed E-state index contributed by atoms with van der Waals surface area (Å²) in [6.45, 7) is 6.48. The molecule has 35 heavy (non-hydrogen) atoms. The summed E-state index contributed by atoms with van der Waals surface area (Å²) in [5, 5.41) is 3.12. The molecular weight excluding hydrogens is 500 g/mol. The number of nitrogens with zero attached hydrogens (tertiary/aromatic N) is 1. The van der Waals surface area contributed by atoms with E-state index in [0.717, 1.165) is 27.6 Å². The first-order chi connectivity index (χ1) is 16.9. The quantitative estimate of drug-likeness (QED) is 0.316. The standard InChI is InChI=1S/C30H35BrN2O2/c1-4-23(3)32-30(35)28(20-25-8-6-5-7-9-25)33(21-26-14-17-27(31)18-15-26)29(34)19-16-24-12-10-22(2)11-13-24/h5-15,17-18,23,28H,4,16,19-21H2,1-3H3,(H,32,35)/t23-,28-/m0/s1. The van der Waals surface area contributed by atoms with E-state index in [1.807, 2.05) is 68.4 Å². The predicted molar refractivity (Wildman–Crippen MR) is 146 cm³/mol. The highest BCUT2D eigenvalue weighted by atomic mass is 79.9. The van der Waals surface area contributed by atoms with Gasteiger partial charge in [-0.25, -0.2) is 0 Å². The SMILES string of the molecule is CC[C@H](C)NC(=O)[C@H](Cc1ccccc1)N(Cc1ccc(Br)cc1)C(=O)CCc1ccc(C)cc1. The van der Waals surface area contributed by atoms with Crippen LogP contribution in [0.1, 0.15) is 48.9 Å². The molecule has 0 aliphatic rings. The Morgan fingerprint density at radius 1 is 0.886 bits per heavy atom. The number of benzene rings is 3. The number of halogens is 1. The summed E-state index contributed by atoms with van der Waals surface area (Å²) in [5.41, 5.74) is 4.34. The third-order valence-corrected chi connectivity index (χ3v) is 6.82. The Kier molecular flexibility index (Phi) is 10.1. The Labute approximate surface area is 217 Å². The average molecular weight is 536 g/mol. The average Bonchev–Trinajstić information content (AvgIpc) is 2.87. The van der Waals surface area contributed by atoms with Crippen LogP contribution in [0.25, 0.3) is 0 Å². The lowest BCUT2D eigenvalue weighted by Gasteiger charge is -2.32. The van der Waals surface area contributed by atoms with Crippen molar-refractivity contribution in [1.29, 1.82) is 0 Å². The van der Waals surface area contributed by atoms with Crippen molar-refractivity contribution in [1.82, 2.24) is 10.2 Å². The molecule has 0 saturated heterocycles. The molecule has 5 heteroatoms. The zero-order valence-corrected chi connectivity index (χ0v) is 22.4. The highest BCUT2D eigenvalue weighted by molar-refractivity contribution is 9.10. The zero-order valence-electron chi connectivity index (χ0n) is 20.8. The normalized spacial score (nSPS) is 12.6. The molecule has 3 aromatic carbocycles. The minimum absolute atomic E-state index is 0.0197. The number of aryl methyl sites for hydroxylation is 2. The molecule has 0 aromatic heterocycles. The number of carbonyl (C=O) groups excluding carboxylic acids is 2. The third kappa shape index (κ3) is 8.36. The van der Waals surface area contributed by atoms with Crippen LogP contribution in [0.2, 0.25) is 0 Å².